The van der Waals surface area contributed by atoms with Crippen molar-refractivity contribution in [2.24, 2.45) is 0 Å². The van der Waals surface area contributed by atoms with Crippen LogP contribution in [0.1, 0.15) is 29.2 Å². The number of phenolic OH excluding ortho intramolecular Hbond substituents is 1. The average molecular weight is 594 g/mol. The molecule has 9 nitrogen and oxygen atoms in total. The number of phenols is 1. The van der Waals surface area contributed by atoms with E-state index in [1.165, 1.54) is 12.1 Å². The zero-order valence-corrected chi connectivity index (χ0v) is 24.1. The lowest BCUT2D eigenvalue weighted by atomic mass is 10.00. The average Bonchev–Trinajstić information content (AvgIpc) is 3.02. The van der Waals surface area contributed by atoms with Gasteiger partial charge in [0.2, 0.25) is 5.56 Å². The summed E-state index contributed by atoms with van der Waals surface area (Å²) in [4.78, 5) is 25.6. The summed E-state index contributed by atoms with van der Waals surface area (Å²) < 4.78 is 6.00. The van der Waals surface area contributed by atoms with Gasteiger partial charge in [-0.05, 0) is 78.4 Å². The van der Waals surface area contributed by atoms with Crippen molar-refractivity contribution in [2.75, 3.05) is 25.0 Å². The molecule has 0 spiro atoms. The van der Waals surface area contributed by atoms with Crippen molar-refractivity contribution in [3.8, 4) is 22.6 Å². The molecule has 0 radical (unpaired) electrons. The highest BCUT2D eigenvalue weighted by Gasteiger charge is 2.14. The van der Waals surface area contributed by atoms with Crippen LogP contribution in [0.2, 0.25) is 0 Å². The van der Waals surface area contributed by atoms with E-state index in [0.717, 1.165) is 47.3 Å². The number of carbonyl (C=O) groups is 1. The monoisotopic (exact) mass is 593 g/mol. The predicted octanol–water partition coefficient (Wildman–Crippen LogP) is 5.87. The van der Waals surface area contributed by atoms with Gasteiger partial charge in [-0.1, -0.05) is 60.7 Å². The van der Waals surface area contributed by atoms with Crippen molar-refractivity contribution in [1.29, 1.82) is 0 Å². The molecule has 0 saturated heterocycles. The van der Waals surface area contributed by atoms with Crippen LogP contribution in [-0.2, 0) is 12.8 Å². The Kier molecular flexibility index (Phi) is 9.91. The first-order chi connectivity index (χ1) is 21.4. The molecule has 5 aromatic rings. The lowest BCUT2D eigenvalue weighted by molar-refractivity contribution is 0.176. The molecule has 0 unspecified atom stereocenters. The van der Waals surface area contributed by atoms with Gasteiger partial charge in [-0.15, -0.1) is 0 Å². The van der Waals surface area contributed by atoms with Gasteiger partial charge in [-0.2, -0.15) is 0 Å². The number of ether oxygens (including phenoxy) is 1. The lowest BCUT2D eigenvalue weighted by Crippen LogP contribution is -2.24. The first-order valence-corrected chi connectivity index (χ1v) is 14.5. The second-order valence-corrected chi connectivity index (χ2v) is 10.5. The number of rotatable bonds is 13. The highest BCUT2D eigenvalue weighted by atomic mass is 16.5. The summed E-state index contributed by atoms with van der Waals surface area (Å²) in [6.45, 7) is 1.46. The summed E-state index contributed by atoms with van der Waals surface area (Å²) in [6.07, 6.45) is 0.325. The number of aliphatic hydroxyl groups is 1. The standard InChI is InChI=1S/C35H35N3O6/c39-31-15-13-28(29-14-16-33(41)38-34(29)31)32(40)22-36-18-17-24-6-4-10-26(20-24)44-19-5-7-23-11-12-27(25-8-2-1-3-9-25)30(21-23)37-35(42)43/h1-4,6,8-16,20-21,32,36-37,39-40H,5,7,17-19,22H2,(H,38,41)(H,42,43)/t32-/m1/s1. The van der Waals surface area contributed by atoms with E-state index in [9.17, 15) is 24.9 Å². The molecule has 0 bridgehead atoms. The fraction of sp³-hybridized carbons (Fsp3) is 0.200. The molecule has 44 heavy (non-hydrogen) atoms. The quantitative estimate of drug-likeness (QED) is 0.0938. The maximum atomic E-state index is 11.6. The number of aromatic nitrogens is 1. The van der Waals surface area contributed by atoms with Crippen LogP contribution in [0, 0.1) is 0 Å². The number of fused-ring (bicyclic) bond motifs is 1. The molecule has 226 valence electrons. The van der Waals surface area contributed by atoms with E-state index in [1.54, 1.807) is 12.1 Å². The molecule has 6 N–H and O–H groups in total. The number of hydrogen-bond donors (Lipinski definition) is 6. The first kappa shape index (κ1) is 30.3. The third-order valence-corrected chi connectivity index (χ3v) is 7.38. The molecule has 1 heterocycles. The van der Waals surface area contributed by atoms with Gasteiger partial charge in [0.05, 0.1) is 23.9 Å². The van der Waals surface area contributed by atoms with Gasteiger partial charge >= 0.3 is 6.09 Å². The van der Waals surface area contributed by atoms with Gasteiger partial charge in [0, 0.05) is 23.6 Å². The lowest BCUT2D eigenvalue weighted by Gasteiger charge is -2.15. The number of hydrogen-bond acceptors (Lipinski definition) is 6. The molecule has 1 amide bonds. The number of benzene rings is 4. The Balaban J connectivity index is 1.09. The van der Waals surface area contributed by atoms with Crippen molar-refractivity contribution in [3.05, 3.63) is 124 Å². The summed E-state index contributed by atoms with van der Waals surface area (Å²) in [5.41, 5.74) is 5.07. The zero-order valence-electron chi connectivity index (χ0n) is 24.1. The van der Waals surface area contributed by atoms with Gasteiger partial charge < -0.3 is 30.4 Å². The number of nitrogens with one attached hydrogen (secondary N) is 3. The molecule has 9 heteroatoms. The Morgan fingerprint density at radius 3 is 2.52 bits per heavy atom. The summed E-state index contributed by atoms with van der Waals surface area (Å²) >= 11 is 0. The third-order valence-electron chi connectivity index (χ3n) is 7.38. The van der Waals surface area contributed by atoms with Crippen molar-refractivity contribution >= 4 is 22.7 Å². The Bertz CT molecular complexity index is 1790. The Labute approximate surface area is 254 Å². The minimum atomic E-state index is -1.10. The Morgan fingerprint density at radius 2 is 1.70 bits per heavy atom. The zero-order chi connectivity index (χ0) is 30.9. The van der Waals surface area contributed by atoms with E-state index in [1.807, 2.05) is 72.8 Å². The molecule has 5 rings (SSSR count). The van der Waals surface area contributed by atoms with Gasteiger partial charge in [-0.25, -0.2) is 4.79 Å². The highest BCUT2D eigenvalue weighted by molar-refractivity contribution is 5.91. The molecule has 0 aliphatic carbocycles. The maximum absolute atomic E-state index is 11.6. The third kappa shape index (κ3) is 7.83. The van der Waals surface area contributed by atoms with E-state index in [-0.39, 0.29) is 11.3 Å². The fourth-order valence-corrected chi connectivity index (χ4v) is 5.22. The molecule has 0 saturated carbocycles. The fourth-order valence-electron chi connectivity index (χ4n) is 5.22. The number of amides is 1. The molecular weight excluding hydrogens is 558 g/mol. The topological polar surface area (TPSA) is 144 Å². The minimum Gasteiger partial charge on any atom is -0.506 e. The summed E-state index contributed by atoms with van der Waals surface area (Å²) in [7, 11) is 0. The Hall–Kier alpha value is -5.12. The van der Waals surface area contributed by atoms with Crippen LogP contribution < -0.4 is 20.9 Å². The van der Waals surface area contributed by atoms with E-state index in [2.05, 4.69) is 15.6 Å². The Morgan fingerprint density at radius 1 is 0.886 bits per heavy atom. The molecular formula is C35H35N3O6. The van der Waals surface area contributed by atoms with Crippen molar-refractivity contribution in [1.82, 2.24) is 10.3 Å². The number of anilines is 1. The molecule has 1 atom stereocenters. The smallest absolute Gasteiger partial charge is 0.409 e. The minimum absolute atomic E-state index is 0.0385. The largest absolute Gasteiger partial charge is 0.506 e. The van der Waals surface area contributed by atoms with Crippen molar-refractivity contribution in [2.45, 2.75) is 25.4 Å². The predicted molar refractivity (Wildman–Crippen MR) is 172 cm³/mol. The number of pyridine rings is 1. The maximum Gasteiger partial charge on any atom is 0.409 e. The second-order valence-electron chi connectivity index (χ2n) is 10.5. The van der Waals surface area contributed by atoms with Gasteiger partial charge in [0.25, 0.3) is 0 Å². The number of carboxylic acid groups (broad SMARTS) is 1. The molecule has 0 aliphatic rings. The first-order valence-electron chi connectivity index (χ1n) is 14.5. The van der Waals surface area contributed by atoms with Gasteiger partial charge in [0.1, 0.15) is 11.5 Å². The van der Waals surface area contributed by atoms with Crippen LogP contribution >= 0.6 is 0 Å². The normalized spacial score (nSPS) is 11.8. The number of aryl methyl sites for hydroxylation is 1. The number of aromatic amines is 1. The van der Waals surface area contributed by atoms with E-state index in [4.69, 9.17) is 4.74 Å². The molecule has 0 fully saturated rings. The van der Waals surface area contributed by atoms with E-state index in [0.29, 0.717) is 41.9 Å². The van der Waals surface area contributed by atoms with Crippen LogP contribution in [0.25, 0.3) is 22.0 Å². The summed E-state index contributed by atoms with van der Waals surface area (Å²) in [5, 5.41) is 36.5. The molecule has 1 aromatic heterocycles. The highest BCUT2D eigenvalue weighted by Crippen LogP contribution is 2.30. The van der Waals surface area contributed by atoms with Crippen molar-refractivity contribution in [3.63, 3.8) is 0 Å². The SMILES string of the molecule is O=C(O)Nc1cc(CCCOc2cccc(CCNC[C@@H](O)c3ccc(O)c4[nH]c(=O)ccc34)c2)ccc1-c1ccccc1. The molecule has 4 aromatic carbocycles. The van der Waals surface area contributed by atoms with Crippen LogP contribution in [-0.4, -0.2) is 46.1 Å². The summed E-state index contributed by atoms with van der Waals surface area (Å²) in [6, 6.07) is 29.5. The van der Waals surface area contributed by atoms with Crippen LogP contribution in [0.3, 0.4) is 0 Å². The number of aromatic hydroxyl groups is 1. The summed E-state index contributed by atoms with van der Waals surface area (Å²) in [5.74, 6) is 0.739. The van der Waals surface area contributed by atoms with Gasteiger partial charge in [0.15, 0.2) is 0 Å². The second kappa shape index (κ2) is 14.4. The van der Waals surface area contributed by atoms with E-state index < -0.39 is 12.2 Å². The van der Waals surface area contributed by atoms with E-state index >= 15 is 0 Å². The number of aliphatic hydroxyl groups excluding tert-OH is 1. The molecule has 0 aliphatic heterocycles. The number of H-pyrrole nitrogens is 1. The van der Waals surface area contributed by atoms with Crippen LogP contribution in [0.4, 0.5) is 10.5 Å². The van der Waals surface area contributed by atoms with Crippen LogP contribution in [0.5, 0.6) is 11.5 Å². The van der Waals surface area contributed by atoms with Crippen LogP contribution in [0.15, 0.2) is 102 Å². The van der Waals surface area contributed by atoms with Crippen molar-refractivity contribution < 1.29 is 24.9 Å². The van der Waals surface area contributed by atoms with Gasteiger partial charge in [-0.3, -0.25) is 10.1 Å².